The molecule has 0 unspecified atom stereocenters. The molecule has 2 aromatic heterocycles. The lowest BCUT2D eigenvalue weighted by atomic mass is 9.88. The van der Waals surface area contributed by atoms with E-state index in [9.17, 15) is 14.0 Å². The van der Waals surface area contributed by atoms with Crippen molar-refractivity contribution < 1.29 is 23.6 Å². The van der Waals surface area contributed by atoms with Crippen LogP contribution in [0.3, 0.4) is 0 Å². The lowest BCUT2D eigenvalue weighted by molar-refractivity contribution is -0.131. The van der Waals surface area contributed by atoms with Gasteiger partial charge in [-0.2, -0.15) is 0 Å². The Balaban J connectivity index is 1.98. The van der Waals surface area contributed by atoms with Gasteiger partial charge < -0.3 is 9.63 Å². The Bertz CT molecular complexity index is 1510. The Morgan fingerprint density at radius 1 is 1.11 bits per heavy atom. The van der Waals surface area contributed by atoms with E-state index >= 15 is 0 Å². The van der Waals surface area contributed by atoms with Gasteiger partial charge >= 0.3 is 5.97 Å². The normalized spacial score (nSPS) is 12.1. The highest BCUT2D eigenvalue weighted by molar-refractivity contribution is 6.42. The molecule has 2 heterocycles. The fraction of sp³-hybridized carbons (Fsp3) is 0.160. The first-order valence-corrected chi connectivity index (χ1v) is 11.4. The monoisotopic (exact) mass is 534 g/mol. The van der Waals surface area contributed by atoms with Gasteiger partial charge in [-0.3, -0.25) is 9.36 Å². The number of carbonyl (C=O) groups excluding carboxylic acids is 1. The van der Waals surface area contributed by atoms with Crippen LogP contribution in [0, 0.1) is 5.82 Å². The summed E-state index contributed by atoms with van der Waals surface area (Å²) in [5, 5.41) is 14.1. The van der Waals surface area contributed by atoms with E-state index in [2.05, 4.69) is 5.16 Å². The second-order valence-electron chi connectivity index (χ2n) is 8.79. The molecule has 0 aliphatic rings. The second kappa shape index (κ2) is 9.15. The van der Waals surface area contributed by atoms with Crippen molar-refractivity contribution >= 4 is 63.7 Å². The Morgan fingerprint density at radius 2 is 1.77 bits per heavy atom. The molecule has 10 heteroatoms. The van der Waals surface area contributed by atoms with Crippen molar-refractivity contribution in [1.82, 2.24) is 9.72 Å². The van der Waals surface area contributed by atoms with E-state index in [4.69, 9.17) is 44.4 Å². The SMILES string of the molecule is CC(C)(C)c1onc(-c2c(Cl)cc(Cl)cc2Cl)c1C(=O)n1ccc2c(/C=C/C(=O)O)ccc(F)c21. The molecule has 0 atom stereocenters. The molecule has 0 amide bonds. The zero-order valence-electron chi connectivity index (χ0n) is 18.7. The molecule has 2 aromatic carbocycles. The maximum Gasteiger partial charge on any atom is 0.328 e. The zero-order chi connectivity index (χ0) is 25.7. The maximum absolute atomic E-state index is 15.0. The van der Waals surface area contributed by atoms with Crippen molar-refractivity contribution in [2.24, 2.45) is 0 Å². The first-order valence-electron chi connectivity index (χ1n) is 10.3. The number of hydrogen-bond donors (Lipinski definition) is 1. The number of halogens is 4. The van der Waals surface area contributed by atoms with Crippen LogP contribution in [0.5, 0.6) is 0 Å². The van der Waals surface area contributed by atoms with Gasteiger partial charge in [-0.05, 0) is 35.9 Å². The van der Waals surface area contributed by atoms with Crippen LogP contribution in [0.4, 0.5) is 4.39 Å². The van der Waals surface area contributed by atoms with E-state index < -0.39 is 23.1 Å². The van der Waals surface area contributed by atoms with E-state index in [1.165, 1.54) is 42.6 Å². The largest absolute Gasteiger partial charge is 0.478 e. The summed E-state index contributed by atoms with van der Waals surface area (Å²) in [5.74, 6) is -2.19. The van der Waals surface area contributed by atoms with Crippen molar-refractivity contribution in [1.29, 1.82) is 0 Å². The van der Waals surface area contributed by atoms with Crippen molar-refractivity contribution in [3.8, 4) is 11.3 Å². The number of rotatable bonds is 4. The fourth-order valence-corrected chi connectivity index (χ4v) is 4.77. The third kappa shape index (κ3) is 4.59. The molecule has 6 nitrogen and oxygen atoms in total. The summed E-state index contributed by atoms with van der Waals surface area (Å²) in [6.45, 7) is 5.51. The number of hydrogen-bond acceptors (Lipinski definition) is 4. The number of aromatic nitrogens is 2. The highest BCUT2D eigenvalue weighted by Crippen LogP contribution is 2.42. The third-order valence-electron chi connectivity index (χ3n) is 5.29. The molecule has 180 valence electrons. The summed E-state index contributed by atoms with van der Waals surface area (Å²) >= 11 is 18.9. The van der Waals surface area contributed by atoms with E-state index in [0.717, 1.165) is 10.6 Å². The third-order valence-corrected chi connectivity index (χ3v) is 6.10. The highest BCUT2D eigenvalue weighted by Gasteiger charge is 2.34. The first kappa shape index (κ1) is 25.0. The molecule has 0 aliphatic carbocycles. The molecule has 0 spiro atoms. The number of fused-ring (bicyclic) bond motifs is 1. The smallest absolute Gasteiger partial charge is 0.328 e. The summed E-state index contributed by atoms with van der Waals surface area (Å²) in [4.78, 5) is 24.9. The van der Waals surface area contributed by atoms with Crippen LogP contribution in [0.25, 0.3) is 28.2 Å². The Morgan fingerprint density at radius 3 is 2.37 bits per heavy atom. The molecule has 0 radical (unpaired) electrons. The van der Waals surface area contributed by atoms with Crippen LogP contribution in [-0.4, -0.2) is 26.7 Å². The number of aliphatic carboxylic acids is 1. The van der Waals surface area contributed by atoms with Crippen molar-refractivity contribution in [2.45, 2.75) is 26.2 Å². The molecule has 1 N–H and O–H groups in total. The minimum absolute atomic E-state index is 0.0251. The number of carbonyl (C=O) groups is 2. The van der Waals surface area contributed by atoms with Gasteiger partial charge in [-0.25, -0.2) is 9.18 Å². The van der Waals surface area contributed by atoms with Gasteiger partial charge in [0.1, 0.15) is 17.1 Å². The molecular weight excluding hydrogens is 518 g/mol. The minimum Gasteiger partial charge on any atom is -0.478 e. The van der Waals surface area contributed by atoms with Crippen molar-refractivity contribution in [2.75, 3.05) is 0 Å². The van der Waals surface area contributed by atoms with Crippen LogP contribution in [0.15, 0.2) is 47.1 Å². The van der Waals surface area contributed by atoms with Gasteiger partial charge in [-0.15, -0.1) is 0 Å². The van der Waals surface area contributed by atoms with E-state index in [0.29, 0.717) is 16.0 Å². The van der Waals surface area contributed by atoms with Crippen LogP contribution >= 0.6 is 34.8 Å². The fourth-order valence-electron chi connectivity index (χ4n) is 3.78. The molecule has 0 bridgehead atoms. The predicted molar refractivity (Wildman–Crippen MR) is 134 cm³/mol. The number of nitrogens with zero attached hydrogens (tertiary/aromatic N) is 2. The van der Waals surface area contributed by atoms with Gasteiger partial charge in [0.2, 0.25) is 0 Å². The molecule has 0 fully saturated rings. The van der Waals surface area contributed by atoms with E-state index in [-0.39, 0.29) is 38.1 Å². The lowest BCUT2D eigenvalue weighted by Crippen LogP contribution is -2.19. The molecule has 4 aromatic rings. The zero-order valence-corrected chi connectivity index (χ0v) is 21.0. The Kier molecular flexibility index (Phi) is 6.53. The summed E-state index contributed by atoms with van der Waals surface area (Å²) in [5.41, 5.74) is 0.159. The lowest BCUT2D eigenvalue weighted by Gasteiger charge is -2.17. The van der Waals surface area contributed by atoms with Crippen LogP contribution in [0.2, 0.25) is 15.1 Å². The molecule has 0 saturated carbocycles. The average molecular weight is 536 g/mol. The Labute approximate surface area is 214 Å². The Hall–Kier alpha value is -3.13. The van der Waals surface area contributed by atoms with Crippen LogP contribution < -0.4 is 0 Å². The number of carboxylic acids is 1. The van der Waals surface area contributed by atoms with Crippen LogP contribution in [0.1, 0.15) is 42.5 Å². The average Bonchev–Trinajstić information content (AvgIpc) is 3.37. The maximum atomic E-state index is 15.0. The molecular formula is C25H18Cl3FN2O4. The summed E-state index contributed by atoms with van der Waals surface area (Å²) in [6.07, 6.45) is 3.67. The first-order chi connectivity index (χ1) is 16.4. The molecule has 0 aliphatic heterocycles. The van der Waals surface area contributed by atoms with Crippen molar-refractivity contribution in [3.05, 3.63) is 80.4 Å². The summed E-state index contributed by atoms with van der Waals surface area (Å²) in [6, 6.07) is 7.07. The van der Waals surface area contributed by atoms with Gasteiger partial charge in [0.15, 0.2) is 5.76 Å². The summed E-state index contributed by atoms with van der Waals surface area (Å²) in [7, 11) is 0. The van der Waals surface area contributed by atoms with Gasteiger partial charge in [0, 0.05) is 33.7 Å². The molecule has 4 rings (SSSR count). The van der Waals surface area contributed by atoms with Crippen LogP contribution in [-0.2, 0) is 10.2 Å². The quantitative estimate of drug-likeness (QED) is 0.274. The van der Waals surface area contributed by atoms with E-state index in [1.54, 1.807) is 0 Å². The highest BCUT2D eigenvalue weighted by atomic mass is 35.5. The van der Waals surface area contributed by atoms with Crippen molar-refractivity contribution in [3.63, 3.8) is 0 Å². The standard InChI is InChI=1S/C25H18Cl3FN2O4/c1-25(2,3)23-20(21(30-35-23)19-15(27)10-13(26)11-16(19)28)24(34)31-9-8-14-12(5-7-18(32)33)4-6-17(29)22(14)31/h4-11H,1-3H3,(H,32,33)/b7-5+. The van der Waals surface area contributed by atoms with Gasteiger partial charge in [0.05, 0.1) is 15.6 Å². The molecule has 0 saturated heterocycles. The topological polar surface area (TPSA) is 85.3 Å². The predicted octanol–water partition coefficient (Wildman–Crippen LogP) is 7.48. The molecule has 35 heavy (non-hydrogen) atoms. The van der Waals surface area contributed by atoms with E-state index in [1.807, 2.05) is 20.8 Å². The number of carboxylic acid groups (broad SMARTS) is 1. The summed E-state index contributed by atoms with van der Waals surface area (Å²) < 4.78 is 21.7. The number of benzene rings is 2. The second-order valence-corrected chi connectivity index (χ2v) is 10.0. The van der Waals surface area contributed by atoms with Gasteiger partial charge in [0.25, 0.3) is 5.91 Å². The minimum atomic E-state index is -1.15. The van der Waals surface area contributed by atoms with Gasteiger partial charge in [-0.1, -0.05) is 66.8 Å².